The minimum absolute atomic E-state index is 0.0703. The number of morpholine rings is 1. The third-order valence-corrected chi connectivity index (χ3v) is 7.86. The van der Waals surface area contributed by atoms with Gasteiger partial charge in [-0.3, -0.25) is 9.69 Å². The summed E-state index contributed by atoms with van der Waals surface area (Å²) in [7, 11) is 1.83. The Morgan fingerprint density at radius 1 is 1.12 bits per heavy atom. The van der Waals surface area contributed by atoms with Gasteiger partial charge in [0.2, 0.25) is 17.7 Å². The lowest BCUT2D eigenvalue weighted by Gasteiger charge is -2.32. The Balaban J connectivity index is 1.14. The second-order valence-electron chi connectivity index (χ2n) is 10.5. The number of nitrogens with zero attached hydrogens (tertiary/aromatic N) is 6. The van der Waals surface area contributed by atoms with Crippen molar-refractivity contribution in [2.45, 2.75) is 26.8 Å². The van der Waals surface area contributed by atoms with Crippen molar-refractivity contribution in [1.82, 2.24) is 19.9 Å². The van der Waals surface area contributed by atoms with E-state index in [9.17, 15) is 4.79 Å². The summed E-state index contributed by atoms with van der Waals surface area (Å²) in [4.78, 5) is 33.1. The molecule has 0 radical (unpaired) electrons. The Labute approximate surface area is 234 Å². The molecule has 5 heterocycles. The molecule has 40 heavy (non-hydrogen) atoms. The fourth-order valence-corrected chi connectivity index (χ4v) is 5.53. The molecule has 3 aliphatic heterocycles. The summed E-state index contributed by atoms with van der Waals surface area (Å²) in [6.07, 6.45) is 4.70. The zero-order chi connectivity index (χ0) is 27.6. The monoisotopic (exact) mass is 544 g/mol. The van der Waals surface area contributed by atoms with Gasteiger partial charge >= 0.3 is 0 Å². The molecule has 210 valence electrons. The fourth-order valence-electron chi connectivity index (χ4n) is 5.53. The molecule has 1 fully saturated rings. The number of amides is 1. The van der Waals surface area contributed by atoms with Crippen molar-refractivity contribution in [2.24, 2.45) is 0 Å². The molecule has 1 saturated heterocycles. The maximum Gasteiger partial charge on any atom is 0.240 e. The zero-order valence-corrected chi connectivity index (χ0v) is 23.4. The SMILES string of the molecule is Cc1cc(Nc2ncc3c(n2)CN(c2cnc4c(c2C)NCCO4)CC3)ccc1N(C)C(=O)CN1CCOCC1. The summed E-state index contributed by atoms with van der Waals surface area (Å²) >= 11 is 0. The molecule has 0 aliphatic carbocycles. The topological polar surface area (TPSA) is 108 Å². The number of rotatable bonds is 6. The number of aromatic nitrogens is 3. The average Bonchev–Trinajstić information content (AvgIpc) is 2.97. The molecule has 11 nitrogen and oxygen atoms in total. The number of ether oxygens (including phenoxy) is 2. The van der Waals surface area contributed by atoms with E-state index in [1.165, 1.54) is 5.56 Å². The molecule has 6 rings (SSSR count). The first-order valence-corrected chi connectivity index (χ1v) is 13.9. The van der Waals surface area contributed by atoms with Gasteiger partial charge in [0.15, 0.2) is 0 Å². The normalized spacial score (nSPS) is 16.8. The van der Waals surface area contributed by atoms with Crippen molar-refractivity contribution >= 4 is 34.6 Å². The van der Waals surface area contributed by atoms with Crippen molar-refractivity contribution in [2.75, 3.05) is 80.0 Å². The standard InChI is InChI=1S/C29H36N8O3/c1-19-14-22(4-5-24(19)35(3)26(38)18-36-9-12-39-13-10-36)33-29-32-15-21-6-8-37(17-23(21)34-29)25-16-31-28-27(20(25)2)30-7-11-40-28/h4-5,14-16,30H,6-13,17-18H2,1-3H3,(H,32,33,34). The number of fused-ring (bicyclic) bond motifs is 2. The van der Waals surface area contributed by atoms with Gasteiger partial charge in [0.05, 0.1) is 43.9 Å². The number of benzene rings is 1. The first-order valence-electron chi connectivity index (χ1n) is 13.9. The molecule has 0 atom stereocenters. The van der Waals surface area contributed by atoms with E-state index in [0.29, 0.717) is 44.7 Å². The molecule has 1 aromatic carbocycles. The zero-order valence-electron chi connectivity index (χ0n) is 23.4. The molecule has 0 bridgehead atoms. The van der Waals surface area contributed by atoms with Gasteiger partial charge in [-0.1, -0.05) is 0 Å². The first-order chi connectivity index (χ1) is 19.5. The van der Waals surface area contributed by atoms with Gasteiger partial charge in [-0.15, -0.1) is 0 Å². The number of aryl methyl sites for hydroxylation is 1. The number of hydrogen-bond acceptors (Lipinski definition) is 10. The number of carbonyl (C=O) groups excluding carboxylic acids is 1. The maximum absolute atomic E-state index is 12.9. The van der Waals surface area contributed by atoms with Crippen molar-refractivity contribution in [3.8, 4) is 5.88 Å². The van der Waals surface area contributed by atoms with E-state index in [4.69, 9.17) is 14.5 Å². The van der Waals surface area contributed by atoms with Crippen molar-refractivity contribution in [3.05, 3.63) is 53.0 Å². The van der Waals surface area contributed by atoms with Crippen LogP contribution in [0.5, 0.6) is 5.88 Å². The van der Waals surface area contributed by atoms with Crippen LogP contribution in [0.4, 0.5) is 28.7 Å². The lowest BCUT2D eigenvalue weighted by molar-refractivity contribution is -0.120. The summed E-state index contributed by atoms with van der Waals surface area (Å²) in [6, 6.07) is 5.96. The minimum atomic E-state index is 0.0703. The number of hydrogen-bond donors (Lipinski definition) is 2. The highest BCUT2D eigenvalue weighted by molar-refractivity contribution is 5.95. The summed E-state index contributed by atoms with van der Waals surface area (Å²) in [5.41, 5.74) is 8.15. The lowest BCUT2D eigenvalue weighted by Crippen LogP contribution is -2.43. The summed E-state index contributed by atoms with van der Waals surface area (Å²) in [6.45, 7) is 10.4. The Morgan fingerprint density at radius 3 is 2.80 bits per heavy atom. The largest absolute Gasteiger partial charge is 0.474 e. The van der Waals surface area contributed by atoms with Crippen LogP contribution in [0, 0.1) is 13.8 Å². The summed E-state index contributed by atoms with van der Waals surface area (Å²) < 4.78 is 11.1. The van der Waals surface area contributed by atoms with Crippen LogP contribution >= 0.6 is 0 Å². The van der Waals surface area contributed by atoms with E-state index in [1.807, 2.05) is 44.6 Å². The first kappa shape index (κ1) is 26.3. The maximum atomic E-state index is 12.9. The van der Waals surface area contributed by atoms with Gasteiger partial charge in [-0.05, 0) is 49.6 Å². The Morgan fingerprint density at radius 2 is 1.98 bits per heavy atom. The van der Waals surface area contributed by atoms with Crippen LogP contribution in [0.25, 0.3) is 0 Å². The molecular weight excluding hydrogens is 508 g/mol. The number of nitrogens with one attached hydrogen (secondary N) is 2. The predicted octanol–water partition coefficient (Wildman–Crippen LogP) is 2.89. The van der Waals surface area contributed by atoms with E-state index in [2.05, 4.69) is 37.3 Å². The molecule has 2 aromatic heterocycles. The van der Waals surface area contributed by atoms with E-state index in [1.54, 1.807) is 4.90 Å². The number of carbonyl (C=O) groups is 1. The Bertz CT molecular complexity index is 1410. The minimum Gasteiger partial charge on any atom is -0.474 e. The second-order valence-corrected chi connectivity index (χ2v) is 10.5. The predicted molar refractivity (Wildman–Crippen MR) is 155 cm³/mol. The van der Waals surface area contributed by atoms with Gasteiger partial charge in [-0.25, -0.2) is 15.0 Å². The van der Waals surface area contributed by atoms with Crippen LogP contribution in [0.3, 0.4) is 0 Å². The molecule has 2 N–H and O–H groups in total. The van der Waals surface area contributed by atoms with Crippen LogP contribution in [0.1, 0.15) is 22.4 Å². The fraction of sp³-hybridized carbons (Fsp3) is 0.448. The number of anilines is 5. The van der Waals surface area contributed by atoms with Crippen LogP contribution in [0.2, 0.25) is 0 Å². The highest BCUT2D eigenvalue weighted by Crippen LogP contribution is 2.36. The molecule has 11 heteroatoms. The third kappa shape index (κ3) is 5.39. The average molecular weight is 545 g/mol. The highest BCUT2D eigenvalue weighted by atomic mass is 16.5. The van der Waals surface area contributed by atoms with Gasteiger partial charge in [0.25, 0.3) is 0 Å². The van der Waals surface area contributed by atoms with E-state index < -0.39 is 0 Å². The van der Waals surface area contributed by atoms with Crippen LogP contribution in [0.15, 0.2) is 30.6 Å². The van der Waals surface area contributed by atoms with Crippen LogP contribution in [-0.4, -0.2) is 85.4 Å². The Hall–Kier alpha value is -3.96. The van der Waals surface area contributed by atoms with Gasteiger partial charge in [0.1, 0.15) is 12.3 Å². The molecule has 0 saturated carbocycles. The smallest absolute Gasteiger partial charge is 0.240 e. The molecule has 3 aliphatic rings. The lowest BCUT2D eigenvalue weighted by atomic mass is 10.0. The molecule has 0 spiro atoms. The quantitative estimate of drug-likeness (QED) is 0.481. The van der Waals surface area contributed by atoms with E-state index in [-0.39, 0.29) is 5.91 Å². The van der Waals surface area contributed by atoms with Crippen molar-refractivity contribution in [1.29, 1.82) is 0 Å². The van der Waals surface area contributed by atoms with E-state index in [0.717, 1.165) is 72.2 Å². The third-order valence-electron chi connectivity index (χ3n) is 7.86. The number of likely N-dealkylation sites (N-methyl/N-ethyl adjacent to an activating group) is 1. The van der Waals surface area contributed by atoms with Crippen molar-refractivity contribution < 1.29 is 14.3 Å². The summed E-state index contributed by atoms with van der Waals surface area (Å²) in [5, 5.41) is 6.79. The molecule has 0 unspecified atom stereocenters. The van der Waals surface area contributed by atoms with Crippen molar-refractivity contribution in [3.63, 3.8) is 0 Å². The highest BCUT2D eigenvalue weighted by Gasteiger charge is 2.24. The van der Waals surface area contributed by atoms with E-state index >= 15 is 0 Å². The Kier molecular flexibility index (Phi) is 7.40. The van der Waals surface area contributed by atoms with Gasteiger partial charge in [0, 0.05) is 56.4 Å². The molecule has 1 amide bonds. The number of pyridine rings is 1. The second kappa shape index (κ2) is 11.3. The summed E-state index contributed by atoms with van der Waals surface area (Å²) in [5.74, 6) is 1.30. The molecular formula is C29H36N8O3. The van der Waals surface area contributed by atoms with Crippen LogP contribution in [-0.2, 0) is 22.5 Å². The van der Waals surface area contributed by atoms with Crippen LogP contribution < -0.4 is 25.2 Å². The van der Waals surface area contributed by atoms with Gasteiger partial charge < -0.3 is 29.9 Å². The molecule has 3 aromatic rings. The van der Waals surface area contributed by atoms with Gasteiger partial charge in [-0.2, -0.15) is 0 Å².